The molecule has 170 valence electrons. The van der Waals surface area contributed by atoms with Crippen molar-refractivity contribution in [2.75, 3.05) is 27.7 Å². The third-order valence-electron chi connectivity index (χ3n) is 4.96. The van der Waals surface area contributed by atoms with Gasteiger partial charge in [-0.15, -0.1) is 0 Å². The topological polar surface area (TPSA) is 87.7 Å². The Morgan fingerprint density at radius 1 is 1.10 bits per heavy atom. The molecule has 0 aliphatic heterocycles. The van der Waals surface area contributed by atoms with Crippen molar-refractivity contribution >= 4 is 15.9 Å². The highest BCUT2D eigenvalue weighted by Gasteiger charge is 2.23. The summed E-state index contributed by atoms with van der Waals surface area (Å²) < 4.78 is 33.0. The average Bonchev–Trinajstić information content (AvgIpc) is 2.72. The number of hydrogen-bond acceptors (Lipinski definition) is 5. The first kappa shape index (κ1) is 24.8. The van der Waals surface area contributed by atoms with E-state index in [4.69, 9.17) is 4.74 Å². The van der Waals surface area contributed by atoms with Gasteiger partial charge in [-0.3, -0.25) is 4.79 Å². The molecule has 0 saturated carbocycles. The van der Waals surface area contributed by atoms with E-state index in [1.54, 1.807) is 19.9 Å². The summed E-state index contributed by atoms with van der Waals surface area (Å²) in [6, 6.07) is 12.4. The Balaban J connectivity index is 2.23. The number of nitrogens with zero attached hydrogens (tertiary/aromatic N) is 1. The van der Waals surface area contributed by atoms with Crippen LogP contribution in [0, 0.1) is 0 Å². The van der Waals surface area contributed by atoms with Crippen molar-refractivity contribution in [2.24, 2.45) is 0 Å². The van der Waals surface area contributed by atoms with Gasteiger partial charge in [0.15, 0.2) is 0 Å². The molecule has 2 aromatic carbocycles. The molecule has 31 heavy (non-hydrogen) atoms. The molecule has 1 amide bonds. The molecule has 1 atom stereocenters. The van der Waals surface area contributed by atoms with Gasteiger partial charge in [-0.2, -0.15) is 0 Å². The summed E-state index contributed by atoms with van der Waals surface area (Å²) in [6.45, 7) is 5.96. The minimum Gasteiger partial charge on any atom is -0.495 e. The summed E-state index contributed by atoms with van der Waals surface area (Å²) in [7, 11) is 1.50. The molecular formula is C23H33N3O4S. The van der Waals surface area contributed by atoms with Gasteiger partial charge in [-0.1, -0.05) is 31.2 Å². The molecule has 0 aromatic heterocycles. The second kappa shape index (κ2) is 10.7. The summed E-state index contributed by atoms with van der Waals surface area (Å²) in [5, 5.41) is 2.93. The maximum Gasteiger partial charge on any atom is 0.251 e. The number of rotatable bonds is 10. The number of aryl methyl sites for hydroxylation is 1. The van der Waals surface area contributed by atoms with E-state index in [0.717, 1.165) is 12.0 Å². The fraction of sp³-hybridized carbons (Fsp3) is 0.435. The van der Waals surface area contributed by atoms with E-state index in [-0.39, 0.29) is 34.2 Å². The Kier molecular flexibility index (Phi) is 8.61. The Labute approximate surface area is 185 Å². The van der Waals surface area contributed by atoms with Crippen LogP contribution in [0.15, 0.2) is 47.4 Å². The van der Waals surface area contributed by atoms with Crippen LogP contribution in [0.5, 0.6) is 5.75 Å². The molecule has 2 rings (SSSR count). The first-order chi connectivity index (χ1) is 14.6. The number of amides is 1. The molecule has 0 bridgehead atoms. The van der Waals surface area contributed by atoms with E-state index in [9.17, 15) is 13.2 Å². The van der Waals surface area contributed by atoms with E-state index in [2.05, 4.69) is 41.2 Å². The molecule has 0 heterocycles. The third-order valence-corrected chi connectivity index (χ3v) is 6.64. The zero-order valence-corrected chi connectivity index (χ0v) is 19.9. The summed E-state index contributed by atoms with van der Waals surface area (Å²) in [5.41, 5.74) is 2.61. The number of benzene rings is 2. The first-order valence-electron chi connectivity index (χ1n) is 10.3. The normalized spacial score (nSPS) is 12.8. The van der Waals surface area contributed by atoms with Gasteiger partial charge in [-0.05, 0) is 63.7 Å². The zero-order valence-electron chi connectivity index (χ0n) is 19.1. The maximum absolute atomic E-state index is 12.8. The SMILES string of the molecule is CCc1ccc(C(CNC(=O)c2ccc(OC)c(S(=O)(=O)NC(C)C)c2)N(C)C)cc1. The van der Waals surface area contributed by atoms with Crippen molar-refractivity contribution in [1.29, 1.82) is 0 Å². The molecule has 7 nitrogen and oxygen atoms in total. The van der Waals surface area contributed by atoms with Crippen LogP contribution in [-0.4, -0.2) is 53.0 Å². The number of nitrogens with one attached hydrogen (secondary N) is 2. The number of carbonyl (C=O) groups is 1. The van der Waals surface area contributed by atoms with Crippen LogP contribution in [0.2, 0.25) is 0 Å². The van der Waals surface area contributed by atoms with Crippen LogP contribution >= 0.6 is 0 Å². The molecule has 0 saturated heterocycles. The molecule has 0 spiro atoms. The highest BCUT2D eigenvalue weighted by Crippen LogP contribution is 2.25. The lowest BCUT2D eigenvalue weighted by atomic mass is 10.0. The quantitative estimate of drug-likeness (QED) is 0.585. The van der Waals surface area contributed by atoms with E-state index in [0.29, 0.717) is 6.54 Å². The van der Waals surface area contributed by atoms with Crippen molar-refractivity contribution in [3.63, 3.8) is 0 Å². The Hall–Kier alpha value is -2.42. The Morgan fingerprint density at radius 2 is 1.74 bits per heavy atom. The smallest absolute Gasteiger partial charge is 0.251 e. The van der Waals surface area contributed by atoms with E-state index < -0.39 is 10.0 Å². The minimum atomic E-state index is -3.82. The Bertz CT molecular complexity index is 986. The van der Waals surface area contributed by atoms with Crippen molar-refractivity contribution in [2.45, 2.75) is 44.2 Å². The lowest BCUT2D eigenvalue weighted by Crippen LogP contribution is -2.35. The number of ether oxygens (including phenoxy) is 1. The lowest BCUT2D eigenvalue weighted by Gasteiger charge is -2.25. The highest BCUT2D eigenvalue weighted by molar-refractivity contribution is 7.89. The highest BCUT2D eigenvalue weighted by atomic mass is 32.2. The van der Waals surface area contributed by atoms with Gasteiger partial charge in [0.1, 0.15) is 10.6 Å². The average molecular weight is 448 g/mol. The second-order valence-electron chi connectivity index (χ2n) is 7.93. The molecule has 0 aliphatic carbocycles. The molecule has 8 heteroatoms. The van der Waals surface area contributed by atoms with Crippen molar-refractivity contribution in [3.8, 4) is 5.75 Å². The third kappa shape index (κ3) is 6.53. The molecule has 1 unspecified atom stereocenters. The second-order valence-corrected chi connectivity index (χ2v) is 9.61. The lowest BCUT2D eigenvalue weighted by molar-refractivity contribution is 0.0941. The molecule has 0 fully saturated rings. The summed E-state index contributed by atoms with van der Waals surface area (Å²) >= 11 is 0. The van der Waals surface area contributed by atoms with Crippen LogP contribution in [0.25, 0.3) is 0 Å². The van der Waals surface area contributed by atoms with Gasteiger partial charge < -0.3 is 15.0 Å². The Morgan fingerprint density at radius 3 is 2.26 bits per heavy atom. The van der Waals surface area contributed by atoms with Crippen LogP contribution < -0.4 is 14.8 Å². The molecule has 2 aromatic rings. The first-order valence-corrected chi connectivity index (χ1v) is 11.8. The standard InChI is InChI=1S/C23H33N3O4S/c1-7-17-8-10-18(11-9-17)20(26(4)5)15-24-23(27)19-12-13-21(30-6)22(14-19)31(28,29)25-16(2)3/h8-14,16,20,25H,7,15H2,1-6H3,(H,24,27). The number of methoxy groups -OCH3 is 1. The molecular weight excluding hydrogens is 414 g/mol. The molecule has 0 radical (unpaired) electrons. The number of sulfonamides is 1. The monoisotopic (exact) mass is 447 g/mol. The molecule has 0 aliphatic rings. The van der Waals surface area contributed by atoms with Gasteiger partial charge in [0.25, 0.3) is 5.91 Å². The van der Waals surface area contributed by atoms with Crippen LogP contribution in [0.1, 0.15) is 48.3 Å². The minimum absolute atomic E-state index is 0.0149. The predicted molar refractivity (Wildman–Crippen MR) is 123 cm³/mol. The fourth-order valence-corrected chi connectivity index (χ4v) is 4.71. The fourth-order valence-electron chi connectivity index (χ4n) is 3.27. The summed E-state index contributed by atoms with van der Waals surface area (Å²) in [4.78, 5) is 14.8. The van der Waals surface area contributed by atoms with Crippen molar-refractivity contribution < 1.29 is 17.9 Å². The number of likely N-dealkylation sites (N-methyl/N-ethyl adjacent to an activating group) is 1. The van der Waals surface area contributed by atoms with E-state index >= 15 is 0 Å². The number of hydrogen-bond donors (Lipinski definition) is 2. The van der Waals surface area contributed by atoms with Crippen LogP contribution in [0.4, 0.5) is 0 Å². The zero-order chi connectivity index (χ0) is 23.2. The van der Waals surface area contributed by atoms with E-state index in [1.165, 1.54) is 24.8 Å². The summed E-state index contributed by atoms with van der Waals surface area (Å²) in [5.74, 6) is -0.160. The van der Waals surface area contributed by atoms with Crippen molar-refractivity contribution in [3.05, 3.63) is 59.2 Å². The molecule has 2 N–H and O–H groups in total. The van der Waals surface area contributed by atoms with Crippen LogP contribution in [-0.2, 0) is 16.4 Å². The largest absolute Gasteiger partial charge is 0.495 e. The summed E-state index contributed by atoms with van der Waals surface area (Å²) in [6.07, 6.45) is 0.970. The maximum atomic E-state index is 12.8. The predicted octanol–water partition coefficient (Wildman–Crippen LogP) is 2.98. The van der Waals surface area contributed by atoms with Gasteiger partial charge in [0.05, 0.1) is 13.2 Å². The van der Waals surface area contributed by atoms with E-state index in [1.807, 2.05) is 19.0 Å². The number of carbonyl (C=O) groups excluding carboxylic acids is 1. The van der Waals surface area contributed by atoms with Gasteiger partial charge in [0.2, 0.25) is 10.0 Å². The van der Waals surface area contributed by atoms with Crippen LogP contribution in [0.3, 0.4) is 0 Å². The van der Waals surface area contributed by atoms with Gasteiger partial charge in [-0.25, -0.2) is 13.1 Å². The van der Waals surface area contributed by atoms with Gasteiger partial charge >= 0.3 is 0 Å². The van der Waals surface area contributed by atoms with Crippen molar-refractivity contribution in [1.82, 2.24) is 14.9 Å². The van der Waals surface area contributed by atoms with Gasteiger partial charge in [0, 0.05) is 18.2 Å².